The standard InChI is InChI=1S/CH2O3.4H2O.2Zr/c2-1(3)4;;;;;;/h(H2,2,3,4);4*1H2;;/q;;;;;;+2/p-2. The van der Waals surface area contributed by atoms with Gasteiger partial charge in [-0.3, -0.25) is 0 Å². The Morgan fingerprint density at radius 2 is 0.900 bits per heavy atom. The van der Waals surface area contributed by atoms with Crippen molar-refractivity contribution in [1.29, 1.82) is 0 Å². The quantitative estimate of drug-likeness (QED) is 0.431. The molecule has 0 fully saturated rings. The van der Waals surface area contributed by atoms with Crippen LogP contribution in [0, 0.1) is 0 Å². The number of hydrogen-bond acceptors (Lipinski definition) is 3. The average molecular weight is 315 g/mol. The van der Waals surface area contributed by atoms with E-state index in [0.29, 0.717) is 0 Å². The summed E-state index contributed by atoms with van der Waals surface area (Å²) in [6.07, 6.45) is -2.33. The van der Waals surface area contributed by atoms with Gasteiger partial charge in [-0.25, -0.2) is 0 Å². The molecule has 0 rings (SSSR count). The summed E-state index contributed by atoms with van der Waals surface area (Å²) in [6.45, 7) is 0. The van der Waals surface area contributed by atoms with Crippen LogP contribution in [-0.2, 0) is 52.4 Å². The molecule has 0 aliphatic carbocycles. The summed E-state index contributed by atoms with van der Waals surface area (Å²) in [6, 6.07) is 0. The maximum Gasteiger partial charge on any atom is 2.00 e. The van der Waals surface area contributed by atoms with Crippen LogP contribution in [0.4, 0.5) is 4.79 Å². The summed E-state index contributed by atoms with van der Waals surface area (Å²) >= 11 is 0. The molecule has 10 heavy (non-hydrogen) atoms. The largest absolute Gasteiger partial charge is 2.00 e. The van der Waals surface area contributed by atoms with Crippen molar-refractivity contribution in [1.82, 2.24) is 0 Å². The van der Waals surface area contributed by atoms with Gasteiger partial charge in [-0.15, -0.1) is 0 Å². The summed E-state index contributed by atoms with van der Waals surface area (Å²) in [7, 11) is 0. The van der Waals surface area contributed by atoms with Gasteiger partial charge >= 0.3 is 26.2 Å². The Balaban J connectivity index is -0.00000000300. The summed E-state index contributed by atoms with van der Waals surface area (Å²) in [4.78, 5) is 8.33. The Hall–Kier alpha value is 0.876. The van der Waals surface area contributed by atoms with Gasteiger partial charge in [-0.05, 0) is 6.16 Å². The van der Waals surface area contributed by atoms with Crippen molar-refractivity contribution in [2.24, 2.45) is 0 Å². The molecule has 9 heteroatoms. The molecular formula is CH8O7Zr2. The zero-order valence-electron chi connectivity index (χ0n) is 4.72. The Bertz CT molecular complexity index is 34.6. The first kappa shape index (κ1) is 70.6. The molecule has 0 saturated carbocycles. The zero-order valence-corrected chi connectivity index (χ0v) is 9.64. The van der Waals surface area contributed by atoms with E-state index in [1.54, 1.807) is 0 Å². The fourth-order valence-corrected chi connectivity index (χ4v) is 0. The minimum atomic E-state index is -2.33. The fourth-order valence-electron chi connectivity index (χ4n) is 0. The van der Waals surface area contributed by atoms with Crippen LogP contribution in [0.2, 0.25) is 0 Å². The molecule has 0 atom stereocenters. The van der Waals surface area contributed by atoms with Crippen LogP contribution in [0.15, 0.2) is 0 Å². The monoisotopic (exact) mass is 312 g/mol. The van der Waals surface area contributed by atoms with E-state index in [0.717, 1.165) is 0 Å². The van der Waals surface area contributed by atoms with Crippen LogP contribution in [-0.4, -0.2) is 28.1 Å². The minimum Gasteiger partial charge on any atom is -0.652 e. The molecule has 0 bridgehead atoms. The van der Waals surface area contributed by atoms with Gasteiger partial charge in [0, 0.05) is 26.2 Å². The van der Waals surface area contributed by atoms with Gasteiger partial charge in [0.2, 0.25) is 0 Å². The SMILES string of the molecule is O.O.O.O.O=C([O-])[O-].[Zr+2].[Zr]. The molecule has 0 aliphatic heterocycles. The predicted molar refractivity (Wildman–Crippen MR) is 19.9 cm³/mol. The van der Waals surface area contributed by atoms with E-state index in [4.69, 9.17) is 15.0 Å². The summed E-state index contributed by atoms with van der Waals surface area (Å²) in [5, 5.41) is 16.7. The zero-order chi connectivity index (χ0) is 3.58. The number of carboxylic acid groups (broad SMARTS) is 2. The van der Waals surface area contributed by atoms with Gasteiger partial charge in [-0.1, -0.05) is 0 Å². The third-order valence-corrected chi connectivity index (χ3v) is 0. The molecule has 7 nitrogen and oxygen atoms in total. The Kier molecular flexibility index (Phi) is 366. The molecule has 0 radical (unpaired) electrons. The molecule has 62 valence electrons. The van der Waals surface area contributed by atoms with Crippen molar-refractivity contribution in [2.75, 3.05) is 0 Å². The number of carbonyl (C=O) groups excluding carboxylic acids is 1. The van der Waals surface area contributed by atoms with Gasteiger partial charge in [0.15, 0.2) is 0 Å². The molecule has 0 amide bonds. The van der Waals surface area contributed by atoms with Crippen molar-refractivity contribution < 1.29 is 89.3 Å². The normalized spacial score (nSPS) is 2.40. The third kappa shape index (κ3) is 717. The molecule has 0 saturated heterocycles. The maximum absolute atomic E-state index is 8.33. The molecule has 0 unspecified atom stereocenters. The first-order chi connectivity index (χ1) is 1.73. The second-order valence-corrected chi connectivity index (χ2v) is 0.250. The Morgan fingerprint density at radius 1 is 0.900 bits per heavy atom. The second-order valence-electron chi connectivity index (χ2n) is 0.250. The maximum atomic E-state index is 8.33. The van der Waals surface area contributed by atoms with E-state index < -0.39 is 6.16 Å². The second kappa shape index (κ2) is 51.8. The first-order valence-corrected chi connectivity index (χ1v) is 0.612. The molecule has 0 aromatic carbocycles. The first-order valence-electron chi connectivity index (χ1n) is 0.612. The summed E-state index contributed by atoms with van der Waals surface area (Å²) in [5.41, 5.74) is 0. The Morgan fingerprint density at radius 3 is 0.900 bits per heavy atom. The van der Waals surface area contributed by atoms with Gasteiger partial charge < -0.3 is 36.9 Å². The van der Waals surface area contributed by atoms with Crippen LogP contribution in [0.3, 0.4) is 0 Å². The van der Waals surface area contributed by atoms with Gasteiger partial charge in [0.25, 0.3) is 0 Å². The summed E-state index contributed by atoms with van der Waals surface area (Å²) in [5.74, 6) is 0. The minimum absolute atomic E-state index is 0. The average Bonchev–Trinajstić information content (AvgIpc) is 0.811. The van der Waals surface area contributed by atoms with Crippen LogP contribution < -0.4 is 10.2 Å². The van der Waals surface area contributed by atoms with Crippen molar-refractivity contribution in [2.45, 2.75) is 0 Å². The van der Waals surface area contributed by atoms with Crippen LogP contribution >= 0.6 is 0 Å². The van der Waals surface area contributed by atoms with E-state index in [-0.39, 0.29) is 74.3 Å². The van der Waals surface area contributed by atoms with E-state index >= 15 is 0 Å². The van der Waals surface area contributed by atoms with Gasteiger partial charge in [0.1, 0.15) is 0 Å². The van der Waals surface area contributed by atoms with Gasteiger partial charge in [-0.2, -0.15) is 0 Å². The molecular weight excluding hydrogens is 306 g/mol. The molecule has 0 aliphatic rings. The van der Waals surface area contributed by atoms with Crippen LogP contribution in [0.25, 0.3) is 0 Å². The van der Waals surface area contributed by atoms with Crippen molar-refractivity contribution in [3.05, 3.63) is 0 Å². The van der Waals surface area contributed by atoms with E-state index in [1.165, 1.54) is 0 Å². The van der Waals surface area contributed by atoms with Crippen molar-refractivity contribution in [3.8, 4) is 0 Å². The number of carbonyl (C=O) groups is 1. The van der Waals surface area contributed by atoms with E-state index in [9.17, 15) is 0 Å². The smallest absolute Gasteiger partial charge is 0.652 e. The fraction of sp³-hybridized carbons (Fsp3) is 0. The third-order valence-electron chi connectivity index (χ3n) is 0. The number of rotatable bonds is 0. The molecule has 0 heterocycles. The predicted octanol–water partition coefficient (Wildman–Crippen LogP) is -5.75. The molecule has 0 spiro atoms. The van der Waals surface area contributed by atoms with Crippen LogP contribution in [0.1, 0.15) is 0 Å². The van der Waals surface area contributed by atoms with Crippen molar-refractivity contribution >= 4 is 6.16 Å². The summed E-state index contributed by atoms with van der Waals surface area (Å²) < 4.78 is 0. The number of hydrogen-bond donors (Lipinski definition) is 0. The van der Waals surface area contributed by atoms with Crippen molar-refractivity contribution in [3.63, 3.8) is 0 Å². The molecule has 0 aromatic heterocycles. The topological polar surface area (TPSA) is 189 Å². The molecule has 8 N–H and O–H groups in total. The van der Waals surface area contributed by atoms with E-state index in [1.807, 2.05) is 0 Å². The van der Waals surface area contributed by atoms with Crippen LogP contribution in [0.5, 0.6) is 0 Å². The Labute approximate surface area is 94.9 Å². The molecule has 0 aromatic rings. The van der Waals surface area contributed by atoms with E-state index in [2.05, 4.69) is 0 Å². The van der Waals surface area contributed by atoms with Gasteiger partial charge in [0.05, 0.1) is 0 Å².